The Hall–Kier alpha value is -3.66. The molecule has 6 rings (SSSR count). The molecule has 1 saturated carbocycles. The molecule has 8 nitrogen and oxygen atoms in total. The summed E-state index contributed by atoms with van der Waals surface area (Å²) < 4.78 is 20.7. The molecule has 0 radical (unpaired) electrons. The molecule has 2 aliphatic rings. The van der Waals surface area contributed by atoms with Gasteiger partial charge in [-0.3, -0.25) is 4.90 Å². The summed E-state index contributed by atoms with van der Waals surface area (Å²) >= 11 is 6.23. The van der Waals surface area contributed by atoms with Crippen LogP contribution in [0.4, 0.5) is 20.6 Å². The minimum Gasteiger partial charge on any atom is -0.456 e. The van der Waals surface area contributed by atoms with E-state index in [4.69, 9.17) is 16.3 Å². The number of carbonyl (C=O) groups excluding carboxylic acids is 1. The molecule has 1 aliphatic heterocycles. The van der Waals surface area contributed by atoms with Crippen molar-refractivity contribution < 1.29 is 13.9 Å². The summed E-state index contributed by atoms with van der Waals surface area (Å²) in [5, 5.41) is 6.54. The van der Waals surface area contributed by atoms with E-state index in [0.29, 0.717) is 33.4 Å². The number of hydrogen-bond donors (Lipinski definition) is 3. The fourth-order valence-corrected chi connectivity index (χ4v) is 5.22. The Labute approximate surface area is 231 Å². The second-order valence-corrected chi connectivity index (χ2v) is 10.7. The highest BCUT2D eigenvalue weighted by Crippen LogP contribution is 2.43. The summed E-state index contributed by atoms with van der Waals surface area (Å²) in [7, 11) is 2.16. The first-order valence-corrected chi connectivity index (χ1v) is 13.5. The van der Waals surface area contributed by atoms with Gasteiger partial charge < -0.3 is 25.3 Å². The van der Waals surface area contributed by atoms with E-state index >= 15 is 0 Å². The predicted octanol–water partition coefficient (Wildman–Crippen LogP) is 6.42. The van der Waals surface area contributed by atoms with Crippen molar-refractivity contribution >= 4 is 40.0 Å². The number of H-pyrrole nitrogens is 1. The van der Waals surface area contributed by atoms with E-state index in [0.717, 1.165) is 32.7 Å². The SMILES string of the molecule is CN1CCN(Cc2ccc(NC(=O)Nc3ccc(Oc4ccnc5[nH]cc(Cl)c45)cc3F)cc2C2CC2)CC1. The number of benzene rings is 2. The van der Waals surface area contributed by atoms with Crippen molar-refractivity contribution in [2.75, 3.05) is 43.9 Å². The number of aromatic nitrogens is 2. The van der Waals surface area contributed by atoms with Crippen molar-refractivity contribution in [3.05, 3.63) is 76.8 Å². The molecule has 0 unspecified atom stereocenters. The minimum atomic E-state index is -0.616. The van der Waals surface area contributed by atoms with E-state index in [-0.39, 0.29) is 11.4 Å². The van der Waals surface area contributed by atoms with Crippen molar-refractivity contribution in [2.45, 2.75) is 25.3 Å². The minimum absolute atomic E-state index is 0.0495. The van der Waals surface area contributed by atoms with Gasteiger partial charge in [0.25, 0.3) is 0 Å². The van der Waals surface area contributed by atoms with Gasteiger partial charge in [0.05, 0.1) is 16.1 Å². The first kappa shape index (κ1) is 25.6. The number of anilines is 2. The van der Waals surface area contributed by atoms with Crippen LogP contribution >= 0.6 is 11.6 Å². The van der Waals surface area contributed by atoms with E-state index in [9.17, 15) is 9.18 Å². The largest absolute Gasteiger partial charge is 0.456 e. The number of nitrogens with one attached hydrogen (secondary N) is 3. The van der Waals surface area contributed by atoms with Crippen LogP contribution in [0.15, 0.2) is 54.9 Å². The lowest BCUT2D eigenvalue weighted by Gasteiger charge is -2.32. The number of aromatic amines is 1. The molecule has 2 fully saturated rings. The number of amides is 2. The van der Waals surface area contributed by atoms with Crippen molar-refractivity contribution in [2.24, 2.45) is 0 Å². The molecule has 1 saturated heterocycles. The van der Waals surface area contributed by atoms with Gasteiger partial charge >= 0.3 is 6.03 Å². The van der Waals surface area contributed by atoms with Gasteiger partial charge in [-0.15, -0.1) is 0 Å². The smallest absolute Gasteiger partial charge is 0.323 e. The molecule has 39 heavy (non-hydrogen) atoms. The molecule has 3 N–H and O–H groups in total. The van der Waals surface area contributed by atoms with Crippen molar-refractivity contribution in [3.8, 4) is 11.5 Å². The molecular weight excluding hydrogens is 519 g/mol. The summed E-state index contributed by atoms with van der Waals surface area (Å²) in [5.74, 6) is 0.652. The Morgan fingerprint density at radius 2 is 1.95 bits per heavy atom. The van der Waals surface area contributed by atoms with E-state index < -0.39 is 11.8 Å². The maximum absolute atomic E-state index is 14.9. The van der Waals surface area contributed by atoms with Crippen LogP contribution in [-0.4, -0.2) is 59.0 Å². The maximum Gasteiger partial charge on any atom is 0.323 e. The van der Waals surface area contributed by atoms with Gasteiger partial charge in [0.2, 0.25) is 0 Å². The number of fused-ring (bicyclic) bond motifs is 1. The van der Waals surface area contributed by atoms with Gasteiger partial charge in [-0.25, -0.2) is 14.2 Å². The van der Waals surface area contributed by atoms with Gasteiger partial charge in [0.1, 0.15) is 23.0 Å². The quantitative estimate of drug-likeness (QED) is 0.248. The highest BCUT2D eigenvalue weighted by molar-refractivity contribution is 6.36. The van der Waals surface area contributed by atoms with Gasteiger partial charge in [-0.2, -0.15) is 0 Å². The monoisotopic (exact) mass is 548 g/mol. The summed E-state index contributed by atoms with van der Waals surface area (Å²) in [4.78, 5) is 24.7. The summed E-state index contributed by atoms with van der Waals surface area (Å²) in [6.07, 6.45) is 5.54. The van der Waals surface area contributed by atoms with Gasteiger partial charge in [0.15, 0.2) is 0 Å². The van der Waals surface area contributed by atoms with E-state index in [2.05, 4.69) is 49.6 Å². The number of urea groups is 1. The summed E-state index contributed by atoms with van der Waals surface area (Å²) in [6.45, 7) is 5.21. The van der Waals surface area contributed by atoms with Gasteiger partial charge in [-0.1, -0.05) is 17.7 Å². The standard InChI is InChI=1S/C29H30ClFN6O2/c1-36-10-12-37(13-11-36)17-19-4-5-20(14-22(19)18-2-3-18)34-29(38)35-25-7-6-21(15-24(25)31)39-26-8-9-32-28-27(26)23(30)16-33-28/h4-9,14-16,18H,2-3,10-13,17H2,1H3,(H,32,33)(H2,34,35,38). The average molecular weight is 549 g/mol. The highest BCUT2D eigenvalue weighted by Gasteiger charge is 2.27. The Bertz CT molecular complexity index is 1510. The third kappa shape index (κ3) is 5.85. The van der Waals surface area contributed by atoms with E-state index in [1.54, 1.807) is 24.5 Å². The summed E-state index contributed by atoms with van der Waals surface area (Å²) in [6, 6.07) is 11.5. The lowest BCUT2D eigenvalue weighted by molar-refractivity contribution is 0.148. The zero-order chi connectivity index (χ0) is 26.9. The van der Waals surface area contributed by atoms with Crippen LogP contribution in [0, 0.1) is 5.82 Å². The molecule has 1 aliphatic carbocycles. The molecule has 2 amide bonds. The number of nitrogens with zero attached hydrogens (tertiary/aromatic N) is 3. The topological polar surface area (TPSA) is 85.5 Å². The molecule has 2 aromatic carbocycles. The molecule has 0 spiro atoms. The number of likely N-dealkylation sites (N-methyl/N-ethyl adjacent to an activating group) is 1. The average Bonchev–Trinajstić information content (AvgIpc) is 3.70. The fourth-order valence-electron chi connectivity index (χ4n) is 4.98. The maximum atomic E-state index is 14.9. The third-order valence-electron chi connectivity index (χ3n) is 7.31. The lowest BCUT2D eigenvalue weighted by atomic mass is 10.0. The predicted molar refractivity (Wildman–Crippen MR) is 151 cm³/mol. The van der Waals surface area contributed by atoms with Gasteiger partial charge in [-0.05, 0) is 67.3 Å². The third-order valence-corrected chi connectivity index (χ3v) is 7.61. The van der Waals surface area contributed by atoms with Gasteiger partial charge in [0, 0.05) is 56.9 Å². The number of hydrogen-bond acceptors (Lipinski definition) is 5. The summed E-state index contributed by atoms with van der Waals surface area (Å²) in [5.41, 5.74) is 3.94. The highest BCUT2D eigenvalue weighted by atomic mass is 35.5. The van der Waals surface area contributed by atoms with Crippen LogP contribution < -0.4 is 15.4 Å². The Kier molecular flexibility index (Phi) is 7.12. The van der Waals surface area contributed by atoms with Crippen LogP contribution in [0.5, 0.6) is 11.5 Å². The lowest BCUT2D eigenvalue weighted by Crippen LogP contribution is -2.44. The second kappa shape index (κ2) is 10.8. The zero-order valence-electron chi connectivity index (χ0n) is 21.6. The van der Waals surface area contributed by atoms with Crippen molar-refractivity contribution in [1.82, 2.24) is 19.8 Å². The van der Waals surface area contributed by atoms with Crippen LogP contribution in [0.25, 0.3) is 11.0 Å². The van der Waals surface area contributed by atoms with Crippen LogP contribution in [0.1, 0.15) is 29.9 Å². The molecule has 10 heteroatoms. The molecule has 0 atom stereocenters. The number of carbonyl (C=O) groups is 1. The number of halogens is 2. The molecule has 202 valence electrons. The molecular formula is C29H30ClFN6O2. The molecule has 0 bridgehead atoms. The molecule has 3 heterocycles. The fraction of sp³-hybridized carbons (Fsp3) is 0.310. The Morgan fingerprint density at radius 1 is 1.13 bits per heavy atom. The van der Waals surface area contributed by atoms with Crippen LogP contribution in [0.2, 0.25) is 5.02 Å². The molecule has 2 aromatic heterocycles. The van der Waals surface area contributed by atoms with Crippen molar-refractivity contribution in [3.63, 3.8) is 0 Å². The zero-order valence-corrected chi connectivity index (χ0v) is 22.4. The molecule has 4 aromatic rings. The first-order chi connectivity index (χ1) is 18.9. The Morgan fingerprint density at radius 3 is 2.72 bits per heavy atom. The van der Waals surface area contributed by atoms with Crippen molar-refractivity contribution in [1.29, 1.82) is 0 Å². The van der Waals surface area contributed by atoms with Crippen LogP contribution in [-0.2, 0) is 6.54 Å². The number of ether oxygens (including phenoxy) is 1. The first-order valence-electron chi connectivity index (χ1n) is 13.1. The number of piperazine rings is 1. The Balaban J connectivity index is 1.11. The van der Waals surface area contributed by atoms with E-state index in [1.165, 1.54) is 36.1 Å². The van der Waals surface area contributed by atoms with E-state index in [1.807, 2.05) is 6.07 Å². The van der Waals surface area contributed by atoms with Crippen LogP contribution in [0.3, 0.4) is 0 Å². The second-order valence-electron chi connectivity index (χ2n) is 10.3. The number of rotatable bonds is 7. The number of pyridine rings is 1. The normalized spacial score (nSPS) is 16.4.